The van der Waals surface area contributed by atoms with Gasteiger partial charge >= 0.3 is 5.97 Å². The molecule has 0 spiro atoms. The first-order chi connectivity index (χ1) is 9.17. The molecule has 0 saturated heterocycles. The molecule has 0 bridgehead atoms. The fourth-order valence-electron chi connectivity index (χ4n) is 1.58. The summed E-state index contributed by atoms with van der Waals surface area (Å²) in [6, 6.07) is -0.703. The monoisotopic (exact) mass is 268 g/mol. The van der Waals surface area contributed by atoms with Crippen molar-refractivity contribution in [3.05, 3.63) is 18.2 Å². The number of ether oxygens (including phenoxy) is 1. The van der Waals surface area contributed by atoms with Crippen molar-refractivity contribution in [3.8, 4) is 0 Å². The van der Waals surface area contributed by atoms with E-state index in [1.54, 1.807) is 13.1 Å². The van der Waals surface area contributed by atoms with E-state index in [1.165, 1.54) is 6.33 Å². The van der Waals surface area contributed by atoms with Crippen molar-refractivity contribution in [3.63, 3.8) is 0 Å². The first-order valence-corrected chi connectivity index (χ1v) is 6.30. The quantitative estimate of drug-likeness (QED) is 0.563. The van der Waals surface area contributed by atoms with Gasteiger partial charge in [-0.1, -0.05) is 0 Å². The topological polar surface area (TPSA) is 110 Å². The molecule has 0 unspecified atom stereocenters. The Bertz CT molecular complexity index is 392. The van der Waals surface area contributed by atoms with Crippen LogP contribution < -0.4 is 11.1 Å². The Morgan fingerprint density at radius 3 is 2.95 bits per heavy atom. The second-order valence-electron chi connectivity index (χ2n) is 4.05. The summed E-state index contributed by atoms with van der Waals surface area (Å²) >= 11 is 0. The number of rotatable bonds is 8. The van der Waals surface area contributed by atoms with Crippen LogP contribution in [0.25, 0.3) is 0 Å². The van der Waals surface area contributed by atoms with E-state index < -0.39 is 12.0 Å². The van der Waals surface area contributed by atoms with Crippen LogP contribution in [0.1, 0.15) is 25.5 Å². The molecule has 106 valence electrons. The van der Waals surface area contributed by atoms with Crippen molar-refractivity contribution in [1.82, 2.24) is 15.3 Å². The fraction of sp³-hybridized carbons (Fsp3) is 0.583. The van der Waals surface area contributed by atoms with Crippen molar-refractivity contribution in [1.29, 1.82) is 0 Å². The zero-order chi connectivity index (χ0) is 14.1. The van der Waals surface area contributed by atoms with Gasteiger partial charge in [-0.15, -0.1) is 0 Å². The van der Waals surface area contributed by atoms with Crippen molar-refractivity contribution < 1.29 is 14.3 Å². The van der Waals surface area contributed by atoms with Crippen molar-refractivity contribution >= 4 is 11.9 Å². The molecule has 1 atom stereocenters. The highest BCUT2D eigenvalue weighted by Gasteiger charge is 2.22. The van der Waals surface area contributed by atoms with Crippen LogP contribution in [0, 0.1) is 0 Å². The van der Waals surface area contributed by atoms with Crippen LogP contribution in [0.15, 0.2) is 12.5 Å². The molecule has 1 amide bonds. The van der Waals surface area contributed by atoms with E-state index in [0.717, 1.165) is 5.69 Å². The maximum atomic E-state index is 11.8. The Kier molecular flexibility index (Phi) is 6.59. The lowest BCUT2D eigenvalue weighted by Crippen LogP contribution is -2.43. The number of esters is 1. The van der Waals surface area contributed by atoms with Gasteiger partial charge in [-0.3, -0.25) is 4.79 Å². The largest absolute Gasteiger partial charge is 0.464 e. The standard InChI is InChI=1S/C12H20N4O3/c1-2-19-12(18)10(6-9-7-14-8-15-9)16-11(17)4-3-5-13/h7-8,10H,2-6,13H2,1H3,(H,14,15)(H,16,17)/t10-/m0/s1. The maximum absolute atomic E-state index is 11.8. The predicted octanol–water partition coefficient (Wildman–Crippen LogP) is -0.261. The average Bonchev–Trinajstić information content (AvgIpc) is 2.88. The summed E-state index contributed by atoms with van der Waals surface area (Å²) in [6.07, 6.45) is 4.35. The molecule has 0 aliphatic heterocycles. The van der Waals surface area contributed by atoms with Crippen LogP contribution in [0.4, 0.5) is 0 Å². The van der Waals surface area contributed by atoms with Gasteiger partial charge in [0.2, 0.25) is 5.91 Å². The van der Waals surface area contributed by atoms with Crippen LogP contribution in [0.3, 0.4) is 0 Å². The SMILES string of the molecule is CCOC(=O)[C@H](Cc1cnc[nH]1)NC(=O)CCCN. The van der Waals surface area contributed by atoms with Gasteiger partial charge in [0, 0.05) is 24.7 Å². The molecule has 7 heteroatoms. The summed E-state index contributed by atoms with van der Waals surface area (Å²) < 4.78 is 4.95. The maximum Gasteiger partial charge on any atom is 0.329 e. The van der Waals surface area contributed by atoms with Gasteiger partial charge in [-0.05, 0) is 19.9 Å². The Hall–Kier alpha value is -1.89. The van der Waals surface area contributed by atoms with Gasteiger partial charge in [-0.25, -0.2) is 9.78 Å². The number of carbonyl (C=O) groups is 2. The van der Waals surface area contributed by atoms with Gasteiger partial charge in [0.1, 0.15) is 6.04 Å². The Morgan fingerprint density at radius 1 is 1.58 bits per heavy atom. The smallest absolute Gasteiger partial charge is 0.329 e. The van der Waals surface area contributed by atoms with E-state index in [9.17, 15) is 9.59 Å². The van der Waals surface area contributed by atoms with E-state index in [1.807, 2.05) is 0 Å². The molecule has 4 N–H and O–H groups in total. The number of carbonyl (C=O) groups excluding carboxylic acids is 2. The number of hydrogen-bond acceptors (Lipinski definition) is 5. The highest BCUT2D eigenvalue weighted by Crippen LogP contribution is 2.02. The highest BCUT2D eigenvalue weighted by atomic mass is 16.5. The summed E-state index contributed by atoms with van der Waals surface area (Å²) in [5.41, 5.74) is 6.10. The van der Waals surface area contributed by atoms with Gasteiger partial charge in [0.25, 0.3) is 0 Å². The Balaban J connectivity index is 2.58. The van der Waals surface area contributed by atoms with Crippen LogP contribution in [-0.4, -0.2) is 41.0 Å². The fourth-order valence-corrected chi connectivity index (χ4v) is 1.58. The number of aromatic amines is 1. The minimum Gasteiger partial charge on any atom is -0.464 e. The molecule has 7 nitrogen and oxygen atoms in total. The molecule has 1 aromatic heterocycles. The van der Waals surface area contributed by atoms with Gasteiger partial charge in [0.15, 0.2) is 0 Å². The molecule has 0 radical (unpaired) electrons. The van der Waals surface area contributed by atoms with Crippen LogP contribution in [-0.2, 0) is 20.7 Å². The molecular weight excluding hydrogens is 248 g/mol. The number of H-pyrrole nitrogens is 1. The summed E-state index contributed by atoms with van der Waals surface area (Å²) in [7, 11) is 0. The molecule has 0 aromatic carbocycles. The molecule has 19 heavy (non-hydrogen) atoms. The van der Waals surface area contributed by atoms with Gasteiger partial charge in [-0.2, -0.15) is 0 Å². The molecule has 1 aromatic rings. The van der Waals surface area contributed by atoms with E-state index in [0.29, 0.717) is 25.8 Å². The first kappa shape index (κ1) is 15.2. The van der Waals surface area contributed by atoms with Crippen molar-refractivity contribution in [2.24, 2.45) is 5.73 Å². The van der Waals surface area contributed by atoms with E-state index >= 15 is 0 Å². The van der Waals surface area contributed by atoms with E-state index in [-0.39, 0.29) is 12.5 Å². The molecule has 0 aliphatic rings. The second kappa shape index (κ2) is 8.25. The summed E-state index contributed by atoms with van der Waals surface area (Å²) in [5.74, 6) is -0.652. The normalized spacial score (nSPS) is 11.9. The van der Waals surface area contributed by atoms with E-state index in [2.05, 4.69) is 15.3 Å². The number of nitrogens with one attached hydrogen (secondary N) is 2. The molecule has 0 fully saturated rings. The second-order valence-corrected chi connectivity index (χ2v) is 4.05. The lowest BCUT2D eigenvalue weighted by atomic mass is 10.1. The zero-order valence-electron chi connectivity index (χ0n) is 11.0. The average molecular weight is 268 g/mol. The summed E-state index contributed by atoms with van der Waals surface area (Å²) in [4.78, 5) is 30.2. The number of nitrogens with zero attached hydrogens (tertiary/aromatic N) is 1. The molecule has 1 heterocycles. The number of hydrogen-bond donors (Lipinski definition) is 3. The summed E-state index contributed by atoms with van der Waals surface area (Å²) in [5, 5.41) is 2.66. The third-order valence-electron chi connectivity index (χ3n) is 2.49. The Labute approximate surface area is 111 Å². The number of amides is 1. The van der Waals surface area contributed by atoms with E-state index in [4.69, 9.17) is 10.5 Å². The molecular formula is C12H20N4O3. The zero-order valence-corrected chi connectivity index (χ0v) is 11.0. The van der Waals surface area contributed by atoms with Crippen LogP contribution in [0.5, 0.6) is 0 Å². The first-order valence-electron chi connectivity index (χ1n) is 6.30. The third-order valence-corrected chi connectivity index (χ3v) is 2.49. The van der Waals surface area contributed by atoms with Crippen LogP contribution in [0.2, 0.25) is 0 Å². The lowest BCUT2D eigenvalue weighted by Gasteiger charge is -2.16. The van der Waals surface area contributed by atoms with Gasteiger partial charge < -0.3 is 20.8 Å². The molecule has 1 rings (SSSR count). The van der Waals surface area contributed by atoms with Gasteiger partial charge in [0.05, 0.1) is 12.9 Å². The minimum absolute atomic E-state index is 0.206. The lowest BCUT2D eigenvalue weighted by molar-refractivity contribution is -0.147. The summed E-state index contributed by atoms with van der Waals surface area (Å²) in [6.45, 7) is 2.44. The molecule has 0 saturated carbocycles. The molecule has 0 aliphatic carbocycles. The predicted molar refractivity (Wildman–Crippen MR) is 69.1 cm³/mol. The third kappa shape index (κ3) is 5.52. The highest BCUT2D eigenvalue weighted by molar-refractivity contribution is 5.84. The number of nitrogens with two attached hydrogens (primary N) is 1. The van der Waals surface area contributed by atoms with Crippen LogP contribution >= 0.6 is 0 Å². The number of imidazole rings is 1. The van der Waals surface area contributed by atoms with Crippen molar-refractivity contribution in [2.75, 3.05) is 13.2 Å². The number of aromatic nitrogens is 2. The van der Waals surface area contributed by atoms with Crippen molar-refractivity contribution in [2.45, 2.75) is 32.2 Å². The Morgan fingerprint density at radius 2 is 2.37 bits per heavy atom. The minimum atomic E-state index is -0.703.